The van der Waals surface area contributed by atoms with Crippen LogP contribution < -0.4 is 5.32 Å². The van der Waals surface area contributed by atoms with E-state index in [9.17, 15) is 0 Å². The van der Waals surface area contributed by atoms with Gasteiger partial charge in [-0.25, -0.2) is 9.97 Å². The second-order valence-electron chi connectivity index (χ2n) is 4.61. The highest BCUT2D eigenvalue weighted by molar-refractivity contribution is 6.30. The predicted octanol–water partition coefficient (Wildman–Crippen LogP) is 2.99. The van der Waals surface area contributed by atoms with Crippen molar-refractivity contribution < 1.29 is 0 Å². The normalized spacial score (nSPS) is 10.5. The molecule has 2 heterocycles. The van der Waals surface area contributed by atoms with E-state index in [1.54, 1.807) is 12.4 Å². The van der Waals surface area contributed by atoms with Crippen LogP contribution in [0.5, 0.6) is 0 Å². The summed E-state index contributed by atoms with van der Waals surface area (Å²) >= 11 is 5.74. The zero-order valence-electron chi connectivity index (χ0n) is 11.3. The minimum atomic E-state index is 0.524. The second-order valence-corrected chi connectivity index (χ2v) is 5.05. The van der Waals surface area contributed by atoms with Gasteiger partial charge < -0.3 is 5.32 Å². The number of rotatable bonds is 5. The van der Waals surface area contributed by atoms with Gasteiger partial charge in [0.1, 0.15) is 0 Å². The first kappa shape index (κ1) is 13.6. The average Bonchev–Trinajstić information content (AvgIpc) is 2.95. The molecule has 0 amide bonds. The van der Waals surface area contributed by atoms with Crippen molar-refractivity contribution in [2.75, 3.05) is 5.32 Å². The maximum absolute atomic E-state index is 5.74. The van der Waals surface area contributed by atoms with E-state index in [1.165, 1.54) is 5.56 Å². The van der Waals surface area contributed by atoms with Crippen LogP contribution in [-0.4, -0.2) is 19.7 Å². The molecule has 0 unspecified atom stereocenters. The molecule has 1 aromatic carbocycles. The van der Waals surface area contributed by atoms with Crippen LogP contribution in [0.25, 0.3) is 0 Å². The zero-order valence-corrected chi connectivity index (χ0v) is 12.0. The Hall–Kier alpha value is -2.40. The van der Waals surface area contributed by atoms with Crippen LogP contribution in [-0.2, 0) is 13.1 Å². The SMILES string of the molecule is Clc1cnc(NCc2cnn(Cc3ccccc3)c2)nc1. The molecular formula is C15H14ClN5. The molecule has 6 heteroatoms. The minimum absolute atomic E-state index is 0.524. The van der Waals surface area contributed by atoms with Gasteiger partial charge in [0.2, 0.25) is 5.95 Å². The third-order valence-electron chi connectivity index (χ3n) is 2.95. The summed E-state index contributed by atoms with van der Waals surface area (Å²) in [4.78, 5) is 8.17. The molecule has 0 fully saturated rings. The van der Waals surface area contributed by atoms with Crippen molar-refractivity contribution in [2.45, 2.75) is 13.1 Å². The number of hydrogen-bond donors (Lipinski definition) is 1. The lowest BCUT2D eigenvalue weighted by molar-refractivity contribution is 0.686. The summed E-state index contributed by atoms with van der Waals surface area (Å²) < 4.78 is 1.91. The smallest absolute Gasteiger partial charge is 0.222 e. The lowest BCUT2D eigenvalue weighted by Crippen LogP contribution is -2.03. The van der Waals surface area contributed by atoms with Crippen molar-refractivity contribution in [3.8, 4) is 0 Å². The molecule has 0 bridgehead atoms. The maximum atomic E-state index is 5.74. The summed E-state index contributed by atoms with van der Waals surface area (Å²) in [7, 11) is 0. The molecule has 2 aromatic heterocycles. The molecule has 3 rings (SSSR count). The van der Waals surface area contributed by atoms with E-state index in [-0.39, 0.29) is 0 Å². The summed E-state index contributed by atoms with van der Waals surface area (Å²) in [6, 6.07) is 10.2. The number of aromatic nitrogens is 4. The van der Waals surface area contributed by atoms with Crippen LogP contribution in [0, 0.1) is 0 Å². The van der Waals surface area contributed by atoms with Gasteiger partial charge in [-0.2, -0.15) is 5.10 Å². The van der Waals surface area contributed by atoms with Crippen molar-refractivity contribution in [1.29, 1.82) is 0 Å². The fourth-order valence-corrected chi connectivity index (χ4v) is 2.04. The molecule has 5 nitrogen and oxygen atoms in total. The van der Waals surface area contributed by atoms with E-state index in [0.717, 1.165) is 12.1 Å². The predicted molar refractivity (Wildman–Crippen MR) is 82.1 cm³/mol. The number of halogens is 1. The summed E-state index contributed by atoms with van der Waals surface area (Å²) in [5.74, 6) is 0.551. The van der Waals surface area contributed by atoms with Crippen molar-refractivity contribution >= 4 is 17.5 Å². The van der Waals surface area contributed by atoms with Crippen LogP contribution in [0.2, 0.25) is 5.02 Å². The number of benzene rings is 1. The van der Waals surface area contributed by atoms with Gasteiger partial charge in [0, 0.05) is 18.3 Å². The number of nitrogens with zero attached hydrogens (tertiary/aromatic N) is 4. The Labute approximate surface area is 127 Å². The highest BCUT2D eigenvalue weighted by Crippen LogP contribution is 2.08. The van der Waals surface area contributed by atoms with E-state index < -0.39 is 0 Å². The van der Waals surface area contributed by atoms with Crippen molar-refractivity contribution in [3.05, 3.63) is 71.3 Å². The van der Waals surface area contributed by atoms with Gasteiger partial charge in [0.15, 0.2) is 0 Å². The van der Waals surface area contributed by atoms with E-state index in [4.69, 9.17) is 11.6 Å². The molecule has 0 aliphatic carbocycles. The molecule has 0 saturated carbocycles. The highest BCUT2D eigenvalue weighted by Gasteiger charge is 2.01. The van der Waals surface area contributed by atoms with Crippen LogP contribution in [0.4, 0.5) is 5.95 Å². The van der Waals surface area contributed by atoms with E-state index >= 15 is 0 Å². The Balaban J connectivity index is 1.59. The Morgan fingerprint density at radius 3 is 2.52 bits per heavy atom. The van der Waals surface area contributed by atoms with Crippen molar-refractivity contribution in [3.63, 3.8) is 0 Å². The third-order valence-corrected chi connectivity index (χ3v) is 3.14. The number of hydrogen-bond acceptors (Lipinski definition) is 4. The van der Waals surface area contributed by atoms with Crippen molar-refractivity contribution in [2.24, 2.45) is 0 Å². The van der Waals surface area contributed by atoms with Crippen LogP contribution >= 0.6 is 11.6 Å². The molecule has 1 N–H and O–H groups in total. The molecule has 0 aliphatic heterocycles. The van der Waals surface area contributed by atoms with Crippen LogP contribution in [0.1, 0.15) is 11.1 Å². The van der Waals surface area contributed by atoms with E-state index in [2.05, 4.69) is 32.5 Å². The minimum Gasteiger partial charge on any atom is -0.350 e. The molecule has 0 radical (unpaired) electrons. The third kappa shape index (κ3) is 3.79. The zero-order chi connectivity index (χ0) is 14.5. The topological polar surface area (TPSA) is 55.6 Å². The maximum Gasteiger partial charge on any atom is 0.222 e. The fourth-order valence-electron chi connectivity index (χ4n) is 1.94. The first-order valence-corrected chi connectivity index (χ1v) is 6.94. The molecule has 0 atom stereocenters. The van der Waals surface area contributed by atoms with Gasteiger partial charge in [0.25, 0.3) is 0 Å². The van der Waals surface area contributed by atoms with Gasteiger partial charge in [-0.05, 0) is 5.56 Å². The molecule has 3 aromatic rings. The summed E-state index contributed by atoms with van der Waals surface area (Å²) in [6.07, 6.45) is 6.98. The Kier molecular flexibility index (Phi) is 4.12. The average molecular weight is 300 g/mol. The summed E-state index contributed by atoms with van der Waals surface area (Å²) in [5, 5.41) is 8.01. The number of nitrogens with one attached hydrogen (secondary N) is 1. The second kappa shape index (κ2) is 6.37. The van der Waals surface area contributed by atoms with Gasteiger partial charge in [-0.3, -0.25) is 4.68 Å². The van der Waals surface area contributed by atoms with Crippen LogP contribution in [0.3, 0.4) is 0 Å². The monoisotopic (exact) mass is 299 g/mol. The summed E-state index contributed by atoms with van der Waals surface area (Å²) in [5.41, 5.74) is 2.30. The summed E-state index contributed by atoms with van der Waals surface area (Å²) in [6.45, 7) is 1.38. The van der Waals surface area contributed by atoms with Gasteiger partial charge >= 0.3 is 0 Å². The quantitative estimate of drug-likeness (QED) is 0.787. The van der Waals surface area contributed by atoms with Gasteiger partial charge in [0.05, 0.1) is 30.2 Å². The van der Waals surface area contributed by atoms with Gasteiger partial charge in [-0.1, -0.05) is 41.9 Å². The van der Waals surface area contributed by atoms with E-state index in [1.807, 2.05) is 35.3 Å². The molecule has 0 saturated heterocycles. The molecule has 21 heavy (non-hydrogen) atoms. The van der Waals surface area contributed by atoms with Crippen molar-refractivity contribution in [1.82, 2.24) is 19.7 Å². The van der Waals surface area contributed by atoms with Gasteiger partial charge in [-0.15, -0.1) is 0 Å². The Morgan fingerprint density at radius 2 is 1.76 bits per heavy atom. The molecular weight excluding hydrogens is 286 g/mol. The molecule has 0 spiro atoms. The molecule has 0 aliphatic rings. The fraction of sp³-hybridized carbons (Fsp3) is 0.133. The Bertz CT molecular complexity index is 694. The highest BCUT2D eigenvalue weighted by atomic mass is 35.5. The molecule has 106 valence electrons. The first-order chi connectivity index (χ1) is 10.3. The standard InChI is InChI=1S/C15H14ClN5/c16-14-8-18-15(19-9-14)17-6-13-7-20-21(11-13)10-12-4-2-1-3-5-12/h1-5,7-9,11H,6,10H2,(H,17,18,19). The lowest BCUT2D eigenvalue weighted by Gasteiger charge is -2.02. The Morgan fingerprint density at radius 1 is 1.00 bits per heavy atom. The lowest BCUT2D eigenvalue weighted by atomic mass is 10.2. The van der Waals surface area contributed by atoms with Crippen LogP contribution in [0.15, 0.2) is 55.1 Å². The number of anilines is 1. The van der Waals surface area contributed by atoms with E-state index in [0.29, 0.717) is 17.5 Å². The largest absolute Gasteiger partial charge is 0.350 e. The first-order valence-electron chi connectivity index (χ1n) is 6.56.